The van der Waals surface area contributed by atoms with Crippen LogP contribution in [-0.2, 0) is 11.3 Å². The molecule has 4 heteroatoms. The molecule has 0 saturated heterocycles. The van der Waals surface area contributed by atoms with Crippen molar-refractivity contribution in [1.29, 1.82) is 0 Å². The topological polar surface area (TPSA) is 34.9 Å². The highest BCUT2D eigenvalue weighted by Gasteiger charge is 2.20. The number of benzene rings is 1. The van der Waals surface area contributed by atoms with E-state index in [4.69, 9.17) is 0 Å². The minimum atomic E-state index is 0.211. The lowest BCUT2D eigenvalue weighted by molar-refractivity contribution is -0.119. The summed E-state index contributed by atoms with van der Waals surface area (Å²) in [7, 11) is 0. The van der Waals surface area contributed by atoms with Gasteiger partial charge in [-0.05, 0) is 58.7 Å². The van der Waals surface area contributed by atoms with Crippen LogP contribution in [0, 0.1) is 9.49 Å². The van der Waals surface area contributed by atoms with Gasteiger partial charge in [-0.3, -0.25) is 4.79 Å². The van der Waals surface area contributed by atoms with Crippen molar-refractivity contribution in [2.75, 3.05) is 0 Å². The van der Waals surface area contributed by atoms with Gasteiger partial charge >= 0.3 is 0 Å². The molecule has 1 heterocycles. The molecule has 1 fully saturated rings. The molecule has 0 unspecified atom stereocenters. The van der Waals surface area contributed by atoms with Crippen molar-refractivity contribution in [3.8, 4) is 0 Å². The van der Waals surface area contributed by atoms with Gasteiger partial charge in [-0.2, -0.15) is 0 Å². The predicted octanol–water partition coefficient (Wildman–Crippen LogP) is 4.72. The van der Waals surface area contributed by atoms with Gasteiger partial charge in [-0.25, -0.2) is 4.98 Å². The van der Waals surface area contributed by atoms with Gasteiger partial charge in [0.2, 0.25) is 0 Å². The Morgan fingerprint density at radius 2 is 2.04 bits per heavy atom. The van der Waals surface area contributed by atoms with Crippen LogP contribution in [0.5, 0.6) is 0 Å². The van der Waals surface area contributed by atoms with Crippen molar-refractivity contribution in [1.82, 2.24) is 9.55 Å². The van der Waals surface area contributed by atoms with Crippen molar-refractivity contribution >= 4 is 33.9 Å². The van der Waals surface area contributed by atoms with Crippen LogP contribution in [0.2, 0.25) is 0 Å². The summed E-state index contributed by atoms with van der Waals surface area (Å²) in [5.74, 6) is 0.502. The zero-order valence-electron chi connectivity index (χ0n) is 13.1. The Kier molecular flexibility index (Phi) is 5.65. The first-order chi connectivity index (χ1) is 11.2. The number of aromatic nitrogens is 2. The van der Waals surface area contributed by atoms with E-state index in [0.29, 0.717) is 12.3 Å². The molecule has 3 rings (SSSR count). The third-order valence-corrected chi connectivity index (χ3v) is 5.40. The molecule has 0 radical (unpaired) electrons. The van der Waals surface area contributed by atoms with Gasteiger partial charge in [0.25, 0.3) is 0 Å². The number of carbonyl (C=O) groups excluding carboxylic acids is 1. The summed E-state index contributed by atoms with van der Waals surface area (Å²) in [6, 6.07) is 8.24. The molecule has 23 heavy (non-hydrogen) atoms. The summed E-state index contributed by atoms with van der Waals surface area (Å²) in [4.78, 5) is 16.8. The summed E-state index contributed by atoms with van der Waals surface area (Å²) in [6.45, 7) is 0.679. The zero-order valence-corrected chi connectivity index (χ0v) is 15.3. The first-order valence-electron chi connectivity index (χ1n) is 8.19. The van der Waals surface area contributed by atoms with E-state index in [1.165, 1.54) is 22.8 Å². The Morgan fingerprint density at radius 1 is 1.26 bits per heavy atom. The Balaban J connectivity index is 1.89. The lowest BCUT2D eigenvalue weighted by atomic mass is 9.85. The maximum Gasteiger partial charge on any atom is 0.159 e. The molecule has 3 nitrogen and oxygen atoms in total. The van der Waals surface area contributed by atoms with Gasteiger partial charge in [0, 0.05) is 28.4 Å². The van der Waals surface area contributed by atoms with Crippen LogP contribution in [0.4, 0.5) is 0 Å². The van der Waals surface area contributed by atoms with Crippen molar-refractivity contribution in [3.05, 3.63) is 58.2 Å². The minimum absolute atomic E-state index is 0.211. The maximum atomic E-state index is 12.7. The molecule has 1 aromatic heterocycles. The summed E-state index contributed by atoms with van der Waals surface area (Å²) in [6.07, 6.45) is 13.1. The second kappa shape index (κ2) is 7.90. The van der Waals surface area contributed by atoms with Crippen LogP contribution in [-0.4, -0.2) is 15.3 Å². The first kappa shape index (κ1) is 16.4. The third kappa shape index (κ3) is 4.31. The van der Waals surface area contributed by atoms with Gasteiger partial charge in [0.15, 0.2) is 5.78 Å². The number of rotatable bonds is 5. The fourth-order valence-corrected chi connectivity index (χ4v) is 3.92. The van der Waals surface area contributed by atoms with Gasteiger partial charge in [-0.15, -0.1) is 0 Å². The molecular formula is C19H21IN2O. The number of ketones is 1. The fourth-order valence-electron chi connectivity index (χ4n) is 3.18. The van der Waals surface area contributed by atoms with E-state index in [9.17, 15) is 4.79 Å². The molecule has 1 aromatic carbocycles. The average Bonchev–Trinajstić information content (AvgIpc) is 3.08. The maximum absolute atomic E-state index is 12.7. The molecule has 0 amide bonds. The highest BCUT2D eigenvalue weighted by molar-refractivity contribution is 14.1. The predicted molar refractivity (Wildman–Crippen MR) is 101 cm³/mol. The van der Waals surface area contributed by atoms with E-state index in [0.717, 1.165) is 24.0 Å². The molecule has 2 aromatic rings. The van der Waals surface area contributed by atoms with Crippen LogP contribution in [0.1, 0.15) is 37.7 Å². The smallest absolute Gasteiger partial charge is 0.159 e. The molecule has 1 saturated carbocycles. The van der Waals surface area contributed by atoms with Gasteiger partial charge in [0.1, 0.15) is 0 Å². The highest BCUT2D eigenvalue weighted by atomic mass is 127. The van der Waals surface area contributed by atoms with Crippen LogP contribution >= 0.6 is 22.6 Å². The Morgan fingerprint density at radius 3 is 2.74 bits per heavy atom. The fraction of sp³-hybridized carbons (Fsp3) is 0.368. The summed E-state index contributed by atoms with van der Waals surface area (Å²) < 4.78 is 3.19. The molecule has 0 aliphatic heterocycles. The quantitative estimate of drug-likeness (QED) is 0.518. The van der Waals surface area contributed by atoms with E-state index in [1.807, 2.05) is 29.0 Å². The second-order valence-electron chi connectivity index (χ2n) is 6.12. The van der Waals surface area contributed by atoms with Crippen LogP contribution in [0.25, 0.3) is 5.57 Å². The lowest BCUT2D eigenvalue weighted by Gasteiger charge is -2.19. The molecule has 1 aliphatic carbocycles. The SMILES string of the molecule is O=C(/C=C(\Cn1ccnc1)c1ccccc1I)C1CCCCC1. The lowest BCUT2D eigenvalue weighted by Crippen LogP contribution is -2.16. The van der Waals surface area contributed by atoms with Gasteiger partial charge < -0.3 is 4.57 Å². The number of carbonyl (C=O) groups is 1. The number of hydrogen-bond donors (Lipinski definition) is 0. The molecule has 0 bridgehead atoms. The monoisotopic (exact) mass is 420 g/mol. The zero-order chi connectivity index (χ0) is 16.1. The molecule has 1 aliphatic rings. The van der Waals surface area contributed by atoms with E-state index >= 15 is 0 Å². The van der Waals surface area contributed by atoms with E-state index < -0.39 is 0 Å². The molecule has 0 N–H and O–H groups in total. The Labute approximate surface area is 151 Å². The Hall–Kier alpha value is -1.43. The number of halogens is 1. The molecular weight excluding hydrogens is 399 g/mol. The van der Waals surface area contributed by atoms with Crippen molar-refractivity contribution in [2.45, 2.75) is 38.6 Å². The normalized spacial score (nSPS) is 16.5. The van der Waals surface area contributed by atoms with E-state index in [1.54, 1.807) is 12.5 Å². The largest absolute Gasteiger partial charge is 0.333 e. The number of hydrogen-bond acceptors (Lipinski definition) is 2. The average molecular weight is 420 g/mol. The van der Waals surface area contributed by atoms with Gasteiger partial charge in [-0.1, -0.05) is 37.5 Å². The van der Waals surface area contributed by atoms with Gasteiger partial charge in [0.05, 0.1) is 6.33 Å². The van der Waals surface area contributed by atoms with Crippen molar-refractivity contribution < 1.29 is 4.79 Å². The van der Waals surface area contributed by atoms with Crippen LogP contribution in [0.3, 0.4) is 0 Å². The number of nitrogens with zero attached hydrogens (tertiary/aromatic N) is 2. The molecule has 0 spiro atoms. The third-order valence-electron chi connectivity index (χ3n) is 4.46. The van der Waals surface area contributed by atoms with Crippen molar-refractivity contribution in [2.24, 2.45) is 5.92 Å². The number of imidazole rings is 1. The highest BCUT2D eigenvalue weighted by Crippen LogP contribution is 2.28. The van der Waals surface area contributed by atoms with E-state index in [2.05, 4.69) is 39.7 Å². The van der Waals surface area contributed by atoms with Crippen LogP contribution in [0.15, 0.2) is 49.1 Å². The number of allylic oxidation sites excluding steroid dienone is 2. The Bertz CT molecular complexity index is 685. The van der Waals surface area contributed by atoms with Crippen molar-refractivity contribution in [3.63, 3.8) is 0 Å². The molecule has 0 atom stereocenters. The first-order valence-corrected chi connectivity index (χ1v) is 9.27. The second-order valence-corrected chi connectivity index (χ2v) is 7.28. The molecule has 120 valence electrons. The minimum Gasteiger partial charge on any atom is -0.333 e. The summed E-state index contributed by atoms with van der Waals surface area (Å²) in [5.41, 5.74) is 2.22. The summed E-state index contributed by atoms with van der Waals surface area (Å²) in [5, 5.41) is 0. The standard InChI is InChI=1S/C19H21IN2O/c20-18-9-5-4-8-17(18)16(13-22-11-10-21-14-22)12-19(23)15-6-2-1-3-7-15/h4-5,8-12,14-15H,1-3,6-7,13H2/b16-12+. The summed E-state index contributed by atoms with van der Waals surface area (Å²) >= 11 is 2.34. The van der Waals surface area contributed by atoms with E-state index in [-0.39, 0.29) is 5.92 Å². The van der Waals surface area contributed by atoms with Crippen LogP contribution < -0.4 is 0 Å².